The highest BCUT2D eigenvalue weighted by molar-refractivity contribution is 7.99. The van der Waals surface area contributed by atoms with Gasteiger partial charge in [-0.05, 0) is 26.3 Å². The number of nitrogens with zero attached hydrogens (tertiary/aromatic N) is 4. The van der Waals surface area contributed by atoms with Gasteiger partial charge in [0.25, 0.3) is 0 Å². The Labute approximate surface area is 119 Å². The molecular weight excluding hydrogens is 258 g/mol. The average Bonchev–Trinajstić information content (AvgIpc) is 2.74. The van der Waals surface area contributed by atoms with E-state index in [1.165, 1.54) is 5.69 Å². The van der Waals surface area contributed by atoms with E-state index in [0.29, 0.717) is 5.96 Å². The van der Waals surface area contributed by atoms with Gasteiger partial charge in [-0.25, -0.2) is 0 Å². The van der Waals surface area contributed by atoms with Gasteiger partial charge in [0.15, 0.2) is 5.96 Å². The Bertz CT molecular complexity index is 434. The summed E-state index contributed by atoms with van der Waals surface area (Å²) in [5.74, 6) is 3.01. The van der Waals surface area contributed by atoms with E-state index in [4.69, 9.17) is 5.73 Å². The molecule has 0 radical (unpaired) electrons. The molecule has 0 bridgehead atoms. The molecule has 0 aromatic carbocycles. The zero-order chi connectivity index (χ0) is 13.7. The molecule has 6 heteroatoms. The summed E-state index contributed by atoms with van der Waals surface area (Å²) in [6.07, 6.45) is 0.977. The fourth-order valence-electron chi connectivity index (χ4n) is 2.21. The third kappa shape index (κ3) is 4.16. The van der Waals surface area contributed by atoms with Gasteiger partial charge in [0.05, 0.1) is 5.69 Å². The molecule has 0 atom stereocenters. The highest BCUT2D eigenvalue weighted by Gasteiger charge is 2.11. The Morgan fingerprint density at radius 1 is 1.42 bits per heavy atom. The van der Waals surface area contributed by atoms with Crippen LogP contribution in [0, 0.1) is 13.8 Å². The van der Waals surface area contributed by atoms with Crippen molar-refractivity contribution in [3.63, 3.8) is 0 Å². The Kier molecular flexibility index (Phi) is 5.13. The van der Waals surface area contributed by atoms with E-state index < -0.39 is 0 Å². The second kappa shape index (κ2) is 6.84. The lowest BCUT2D eigenvalue weighted by Gasteiger charge is -2.27. The van der Waals surface area contributed by atoms with E-state index >= 15 is 0 Å². The van der Waals surface area contributed by atoms with Gasteiger partial charge in [-0.3, -0.25) is 9.67 Å². The van der Waals surface area contributed by atoms with Crippen LogP contribution in [0.5, 0.6) is 0 Å². The molecule has 1 aliphatic heterocycles. The lowest BCUT2D eigenvalue weighted by Crippen LogP contribution is -2.42. The fourth-order valence-corrected chi connectivity index (χ4v) is 3.11. The molecule has 19 heavy (non-hydrogen) atoms. The second-order valence-corrected chi connectivity index (χ2v) is 6.07. The molecular formula is C13H23N5S. The van der Waals surface area contributed by atoms with Crippen molar-refractivity contribution >= 4 is 17.7 Å². The number of aliphatic imine (C=N–C) groups is 1. The maximum atomic E-state index is 6.01. The number of aromatic nitrogens is 2. The Morgan fingerprint density at radius 2 is 2.16 bits per heavy atom. The summed E-state index contributed by atoms with van der Waals surface area (Å²) in [6.45, 7) is 7.84. The predicted octanol–water partition coefficient (Wildman–Crippen LogP) is 1.25. The SMILES string of the molecule is Cc1cc(C)n(CCCN=C(N)N2CCSCC2)n1. The molecule has 1 aromatic heterocycles. The van der Waals surface area contributed by atoms with E-state index in [1.807, 2.05) is 23.4 Å². The van der Waals surface area contributed by atoms with E-state index in [0.717, 1.165) is 49.8 Å². The molecule has 1 aliphatic rings. The molecule has 2 heterocycles. The van der Waals surface area contributed by atoms with Gasteiger partial charge < -0.3 is 10.6 Å². The van der Waals surface area contributed by atoms with Crippen LogP contribution >= 0.6 is 11.8 Å². The van der Waals surface area contributed by atoms with Crippen LogP contribution in [-0.4, -0.2) is 51.8 Å². The van der Waals surface area contributed by atoms with Crippen molar-refractivity contribution in [1.82, 2.24) is 14.7 Å². The van der Waals surface area contributed by atoms with Crippen LogP contribution in [0.25, 0.3) is 0 Å². The van der Waals surface area contributed by atoms with Gasteiger partial charge in [0.2, 0.25) is 0 Å². The summed E-state index contributed by atoms with van der Waals surface area (Å²) in [5.41, 5.74) is 8.29. The largest absolute Gasteiger partial charge is 0.370 e. The van der Waals surface area contributed by atoms with Gasteiger partial charge in [0.1, 0.15) is 0 Å². The van der Waals surface area contributed by atoms with Crippen molar-refractivity contribution in [2.24, 2.45) is 10.7 Å². The molecule has 0 spiro atoms. The first kappa shape index (κ1) is 14.2. The van der Waals surface area contributed by atoms with E-state index in [2.05, 4.69) is 28.0 Å². The number of hydrogen-bond donors (Lipinski definition) is 1. The molecule has 2 rings (SSSR count). The summed E-state index contributed by atoms with van der Waals surface area (Å²) in [7, 11) is 0. The molecule has 1 saturated heterocycles. The minimum absolute atomic E-state index is 0.702. The maximum absolute atomic E-state index is 6.01. The zero-order valence-electron chi connectivity index (χ0n) is 11.8. The average molecular weight is 281 g/mol. The van der Waals surface area contributed by atoms with Gasteiger partial charge in [-0.1, -0.05) is 0 Å². The standard InChI is InChI=1S/C13H23N5S/c1-11-10-12(2)18(16-11)5-3-4-15-13(14)17-6-8-19-9-7-17/h10H,3-9H2,1-2H3,(H2,14,15). The summed E-state index contributed by atoms with van der Waals surface area (Å²) in [5, 5.41) is 4.44. The Morgan fingerprint density at radius 3 is 2.79 bits per heavy atom. The minimum atomic E-state index is 0.702. The monoisotopic (exact) mass is 281 g/mol. The Balaban J connectivity index is 1.74. The number of nitrogens with two attached hydrogens (primary N) is 1. The van der Waals surface area contributed by atoms with Crippen molar-refractivity contribution in [3.05, 3.63) is 17.5 Å². The van der Waals surface area contributed by atoms with E-state index in [1.54, 1.807) is 0 Å². The number of aryl methyl sites for hydroxylation is 3. The summed E-state index contributed by atoms with van der Waals surface area (Å²) in [4.78, 5) is 6.65. The number of rotatable bonds is 4. The fraction of sp³-hybridized carbons (Fsp3) is 0.692. The summed E-state index contributed by atoms with van der Waals surface area (Å²) >= 11 is 1.98. The molecule has 1 fully saturated rings. The topological polar surface area (TPSA) is 59.4 Å². The van der Waals surface area contributed by atoms with Crippen molar-refractivity contribution < 1.29 is 0 Å². The Hall–Kier alpha value is -1.17. The van der Waals surface area contributed by atoms with Crippen LogP contribution < -0.4 is 5.73 Å². The molecule has 106 valence electrons. The van der Waals surface area contributed by atoms with Gasteiger partial charge in [-0.2, -0.15) is 16.9 Å². The molecule has 5 nitrogen and oxygen atoms in total. The molecule has 0 aliphatic carbocycles. The normalized spacial score (nSPS) is 16.9. The van der Waals surface area contributed by atoms with Crippen LogP contribution in [0.4, 0.5) is 0 Å². The molecule has 1 aromatic rings. The second-order valence-electron chi connectivity index (χ2n) is 4.84. The highest BCUT2D eigenvalue weighted by Crippen LogP contribution is 2.08. The van der Waals surface area contributed by atoms with Crippen LogP contribution in [-0.2, 0) is 6.54 Å². The first-order valence-electron chi connectivity index (χ1n) is 6.80. The van der Waals surface area contributed by atoms with Gasteiger partial charge >= 0.3 is 0 Å². The minimum Gasteiger partial charge on any atom is -0.370 e. The summed E-state index contributed by atoms with van der Waals surface area (Å²) in [6, 6.07) is 2.10. The number of thioether (sulfide) groups is 1. The van der Waals surface area contributed by atoms with Crippen molar-refractivity contribution in [3.8, 4) is 0 Å². The lowest BCUT2D eigenvalue weighted by atomic mass is 10.4. The molecule has 0 saturated carbocycles. The van der Waals surface area contributed by atoms with Crippen molar-refractivity contribution in [2.45, 2.75) is 26.8 Å². The third-order valence-corrected chi connectivity index (χ3v) is 4.18. The third-order valence-electron chi connectivity index (χ3n) is 3.24. The highest BCUT2D eigenvalue weighted by atomic mass is 32.2. The molecule has 2 N–H and O–H groups in total. The molecule has 0 unspecified atom stereocenters. The first-order chi connectivity index (χ1) is 9.16. The van der Waals surface area contributed by atoms with Crippen molar-refractivity contribution in [2.75, 3.05) is 31.1 Å². The van der Waals surface area contributed by atoms with Crippen LogP contribution in [0.2, 0.25) is 0 Å². The smallest absolute Gasteiger partial charge is 0.191 e. The van der Waals surface area contributed by atoms with E-state index in [9.17, 15) is 0 Å². The van der Waals surface area contributed by atoms with Gasteiger partial charge in [-0.15, -0.1) is 0 Å². The van der Waals surface area contributed by atoms with Gasteiger partial charge in [0, 0.05) is 43.4 Å². The number of hydrogen-bond acceptors (Lipinski definition) is 3. The van der Waals surface area contributed by atoms with E-state index in [-0.39, 0.29) is 0 Å². The van der Waals surface area contributed by atoms with Crippen molar-refractivity contribution in [1.29, 1.82) is 0 Å². The van der Waals surface area contributed by atoms with Crippen LogP contribution in [0.3, 0.4) is 0 Å². The maximum Gasteiger partial charge on any atom is 0.191 e. The van der Waals surface area contributed by atoms with Crippen LogP contribution in [0.15, 0.2) is 11.1 Å². The zero-order valence-corrected chi connectivity index (χ0v) is 12.6. The lowest BCUT2D eigenvalue weighted by molar-refractivity contribution is 0.454. The summed E-state index contributed by atoms with van der Waals surface area (Å²) < 4.78 is 2.04. The quantitative estimate of drug-likeness (QED) is 0.513. The van der Waals surface area contributed by atoms with Crippen LogP contribution in [0.1, 0.15) is 17.8 Å². The predicted molar refractivity (Wildman–Crippen MR) is 81.7 cm³/mol. The molecule has 0 amide bonds. The number of guanidine groups is 1. The first-order valence-corrected chi connectivity index (χ1v) is 7.96.